The molecule has 0 unspecified atom stereocenters. The van der Waals surface area contributed by atoms with Gasteiger partial charge in [-0.15, -0.1) is 0 Å². The summed E-state index contributed by atoms with van der Waals surface area (Å²) < 4.78 is 1.62. The summed E-state index contributed by atoms with van der Waals surface area (Å²) in [5, 5.41) is 9.52. The van der Waals surface area contributed by atoms with Crippen LogP contribution in [0.5, 0.6) is 0 Å². The van der Waals surface area contributed by atoms with Crippen LogP contribution in [-0.4, -0.2) is 21.7 Å². The van der Waals surface area contributed by atoms with E-state index in [1.165, 1.54) is 16.3 Å². The summed E-state index contributed by atoms with van der Waals surface area (Å²) >= 11 is 0. The summed E-state index contributed by atoms with van der Waals surface area (Å²) in [4.78, 5) is 12.0. The third kappa shape index (κ3) is 3.52. The van der Waals surface area contributed by atoms with Crippen molar-refractivity contribution in [2.75, 3.05) is 0 Å². The molecule has 4 heteroatoms. The van der Waals surface area contributed by atoms with Crippen LogP contribution in [-0.2, 0) is 17.8 Å². The van der Waals surface area contributed by atoms with Crippen molar-refractivity contribution in [3.8, 4) is 0 Å². The molecular weight excluding hydrogens is 274 g/mol. The van der Waals surface area contributed by atoms with E-state index in [1.807, 2.05) is 25.1 Å². The SMILES string of the molecule is C[C@@H](Cc1ccc2ccccc2c1)NC(=O)Cn1cccn1. The van der Waals surface area contributed by atoms with Crippen molar-refractivity contribution in [2.24, 2.45) is 0 Å². The maximum Gasteiger partial charge on any atom is 0.241 e. The Labute approximate surface area is 129 Å². The zero-order valence-electron chi connectivity index (χ0n) is 12.6. The van der Waals surface area contributed by atoms with Gasteiger partial charge in [0.2, 0.25) is 5.91 Å². The molecule has 3 aromatic rings. The highest BCUT2D eigenvalue weighted by atomic mass is 16.2. The van der Waals surface area contributed by atoms with Gasteiger partial charge in [0.1, 0.15) is 6.54 Å². The van der Waals surface area contributed by atoms with Gasteiger partial charge in [0.05, 0.1) is 0 Å². The molecule has 0 saturated heterocycles. The second-order valence-electron chi connectivity index (χ2n) is 5.56. The average Bonchev–Trinajstić information content (AvgIpc) is 2.99. The summed E-state index contributed by atoms with van der Waals surface area (Å²) in [6.45, 7) is 2.28. The Morgan fingerprint density at radius 2 is 2.00 bits per heavy atom. The standard InChI is InChI=1S/C18H19N3O/c1-14(20-18(22)13-21-10-4-9-19-21)11-15-7-8-16-5-2-3-6-17(16)12-15/h2-10,12,14H,11,13H2,1H3,(H,20,22)/t14-/m0/s1. The van der Waals surface area contributed by atoms with Gasteiger partial charge in [-0.05, 0) is 35.7 Å². The molecule has 112 valence electrons. The van der Waals surface area contributed by atoms with Gasteiger partial charge in [0, 0.05) is 18.4 Å². The maximum absolute atomic E-state index is 12.0. The Hall–Kier alpha value is -2.62. The molecule has 0 spiro atoms. The number of carbonyl (C=O) groups is 1. The van der Waals surface area contributed by atoms with Crippen LogP contribution in [0, 0.1) is 0 Å². The molecule has 0 aliphatic rings. The van der Waals surface area contributed by atoms with Gasteiger partial charge >= 0.3 is 0 Å². The molecule has 0 fully saturated rings. The first kappa shape index (κ1) is 14.3. The third-order valence-corrected chi connectivity index (χ3v) is 3.63. The minimum Gasteiger partial charge on any atom is -0.352 e. The quantitative estimate of drug-likeness (QED) is 0.786. The van der Waals surface area contributed by atoms with Gasteiger partial charge in [-0.1, -0.05) is 42.5 Å². The molecule has 0 aliphatic heterocycles. The predicted octanol–water partition coefficient (Wildman–Crippen LogP) is 2.78. The highest BCUT2D eigenvalue weighted by Crippen LogP contribution is 2.16. The maximum atomic E-state index is 12.0. The van der Waals surface area contributed by atoms with Crippen LogP contribution in [0.15, 0.2) is 60.9 Å². The molecule has 1 amide bonds. The number of hydrogen-bond donors (Lipinski definition) is 1. The predicted molar refractivity (Wildman–Crippen MR) is 87.5 cm³/mol. The summed E-state index contributed by atoms with van der Waals surface area (Å²) in [5.74, 6) is -0.0167. The summed E-state index contributed by atoms with van der Waals surface area (Å²) in [5.41, 5.74) is 1.23. The zero-order chi connectivity index (χ0) is 15.4. The Bertz CT molecular complexity index is 765. The lowest BCUT2D eigenvalue weighted by Gasteiger charge is -2.14. The van der Waals surface area contributed by atoms with Gasteiger partial charge in [-0.25, -0.2) is 0 Å². The Morgan fingerprint density at radius 1 is 1.18 bits per heavy atom. The Balaban J connectivity index is 1.60. The van der Waals surface area contributed by atoms with E-state index < -0.39 is 0 Å². The van der Waals surface area contributed by atoms with E-state index in [4.69, 9.17) is 0 Å². The number of rotatable bonds is 5. The molecule has 2 aromatic carbocycles. The van der Waals surface area contributed by atoms with Crippen molar-refractivity contribution in [3.63, 3.8) is 0 Å². The van der Waals surface area contributed by atoms with E-state index in [-0.39, 0.29) is 18.5 Å². The van der Waals surface area contributed by atoms with Crippen LogP contribution in [0.2, 0.25) is 0 Å². The van der Waals surface area contributed by atoms with Crippen LogP contribution < -0.4 is 5.32 Å². The number of aromatic nitrogens is 2. The zero-order valence-corrected chi connectivity index (χ0v) is 12.6. The van der Waals surface area contributed by atoms with Crippen molar-refractivity contribution in [1.82, 2.24) is 15.1 Å². The largest absolute Gasteiger partial charge is 0.352 e. The average molecular weight is 293 g/mol. The van der Waals surface area contributed by atoms with Gasteiger partial charge in [-0.3, -0.25) is 9.48 Å². The van der Waals surface area contributed by atoms with Crippen LogP contribution in [0.25, 0.3) is 10.8 Å². The molecule has 0 radical (unpaired) electrons. The molecule has 0 bridgehead atoms. The molecular formula is C18H19N3O. The van der Waals surface area contributed by atoms with Crippen molar-refractivity contribution >= 4 is 16.7 Å². The summed E-state index contributed by atoms with van der Waals surface area (Å²) in [6, 6.07) is 16.6. The fourth-order valence-corrected chi connectivity index (χ4v) is 2.63. The Kier molecular flexibility index (Phi) is 4.19. The topological polar surface area (TPSA) is 46.9 Å². The van der Waals surface area contributed by atoms with E-state index in [9.17, 15) is 4.79 Å². The minimum atomic E-state index is -0.0167. The van der Waals surface area contributed by atoms with E-state index in [0.29, 0.717) is 0 Å². The highest BCUT2D eigenvalue weighted by Gasteiger charge is 2.09. The fourth-order valence-electron chi connectivity index (χ4n) is 2.63. The number of nitrogens with zero attached hydrogens (tertiary/aromatic N) is 2. The molecule has 1 N–H and O–H groups in total. The minimum absolute atomic E-state index is 0.0167. The first-order valence-electron chi connectivity index (χ1n) is 7.45. The summed E-state index contributed by atoms with van der Waals surface area (Å²) in [7, 11) is 0. The molecule has 0 aliphatic carbocycles. The Morgan fingerprint density at radius 3 is 2.77 bits per heavy atom. The normalized spacial score (nSPS) is 12.2. The lowest BCUT2D eigenvalue weighted by molar-refractivity contribution is -0.122. The van der Waals surface area contributed by atoms with E-state index in [2.05, 4.69) is 40.7 Å². The molecule has 3 rings (SSSR count). The van der Waals surface area contributed by atoms with Crippen molar-refractivity contribution < 1.29 is 4.79 Å². The van der Waals surface area contributed by atoms with Gasteiger partial charge in [-0.2, -0.15) is 5.10 Å². The van der Waals surface area contributed by atoms with Crippen LogP contribution in [0.1, 0.15) is 12.5 Å². The lowest BCUT2D eigenvalue weighted by atomic mass is 10.0. The number of fused-ring (bicyclic) bond motifs is 1. The van der Waals surface area contributed by atoms with Gasteiger partial charge in [0.25, 0.3) is 0 Å². The van der Waals surface area contributed by atoms with Crippen LogP contribution >= 0.6 is 0 Å². The monoisotopic (exact) mass is 293 g/mol. The van der Waals surface area contributed by atoms with E-state index in [0.717, 1.165) is 6.42 Å². The molecule has 1 atom stereocenters. The number of nitrogens with one attached hydrogen (secondary N) is 1. The fraction of sp³-hybridized carbons (Fsp3) is 0.222. The first-order chi connectivity index (χ1) is 10.7. The van der Waals surface area contributed by atoms with Gasteiger partial charge in [0.15, 0.2) is 0 Å². The molecule has 4 nitrogen and oxygen atoms in total. The first-order valence-corrected chi connectivity index (χ1v) is 7.45. The van der Waals surface area contributed by atoms with Gasteiger partial charge < -0.3 is 5.32 Å². The molecule has 22 heavy (non-hydrogen) atoms. The second-order valence-corrected chi connectivity index (χ2v) is 5.56. The van der Waals surface area contributed by atoms with Crippen molar-refractivity contribution in [3.05, 3.63) is 66.5 Å². The summed E-state index contributed by atoms with van der Waals surface area (Å²) in [6.07, 6.45) is 4.27. The number of hydrogen-bond acceptors (Lipinski definition) is 2. The molecule has 1 heterocycles. The van der Waals surface area contributed by atoms with Crippen molar-refractivity contribution in [1.29, 1.82) is 0 Å². The van der Waals surface area contributed by atoms with Crippen molar-refractivity contribution in [2.45, 2.75) is 25.9 Å². The highest BCUT2D eigenvalue weighted by molar-refractivity contribution is 5.83. The second kappa shape index (κ2) is 6.43. The number of amides is 1. The van der Waals surface area contributed by atoms with Crippen LogP contribution in [0.3, 0.4) is 0 Å². The number of benzene rings is 2. The third-order valence-electron chi connectivity index (χ3n) is 3.63. The molecule has 0 saturated carbocycles. The lowest BCUT2D eigenvalue weighted by Crippen LogP contribution is -2.36. The van der Waals surface area contributed by atoms with Crippen LogP contribution in [0.4, 0.5) is 0 Å². The smallest absolute Gasteiger partial charge is 0.241 e. The van der Waals surface area contributed by atoms with E-state index >= 15 is 0 Å². The number of carbonyl (C=O) groups excluding carboxylic acids is 1. The van der Waals surface area contributed by atoms with E-state index in [1.54, 1.807) is 17.1 Å². The molecule has 1 aromatic heterocycles.